The number of ether oxygens (including phenoxy) is 7. The van der Waals surface area contributed by atoms with Crippen LogP contribution in [0.5, 0.6) is 51.7 Å². The number of anilines is 7. The standard InChI is InChI=1S/C22H28N4O3S.C12H16N2OS.C11H14N2O4.C11H16N2O3.C11H18N2O.C11H13NO4.C7H8N2O3.C3H5ClO/c1-6-9-25(4)17-10-14(7-8-20(17)29-5)26-21(23-24-22(26)30)16-11-15(13(2)3)18(27)12-19(16)28;1-4-7-14(2)11-8-10(13-9-16)5-6-12(11)15-3;1-4-11(14)12(2)9-7-8(13(15)16)5-6-10(9)17-3;1-4-7-12(2)10-8-9(13(14)15)5-6-11(10)16-3;1-4-7-13(2)10-8-9(12)5-6-11(10)14-3;1-3-10(13)7-8-6-9(12(14)15)4-5-11(8)16-2;1-12-7-3-2-5(9(10)11)4-6(7)8;1-2-3(4)5/h7-8,10-13,27-28H,6,9H2,1-5H3,(H,24,30);5-6,8H,4,7H2,1-3H3;5-7H,4H2,1-3H3;5-6,8H,4,7H2,1-3H3;5-6,8H,4,7,12H2,1-3H3;4-6H,3,7H2,1-2H3;2-4H,8H2,1H3;2H2,1H3. The van der Waals surface area contributed by atoms with E-state index in [1.807, 2.05) is 102 Å². The largest absolute Gasteiger partial charge is 0.508 e. The SMILES string of the molecule is CCC(=O)Cc1cc([N+](=O)[O-])ccc1OC.CCC(=O)Cl.CCC(=O)N(C)c1cc([N+](=O)[O-])ccc1OC.CCCN(C)c1cc(-n2c(-c3cc(C(C)C)c(O)cc3O)n[nH]c2=S)ccc1OC.CCCN(C)c1cc(N)ccc1OC.CCCN(C)c1cc(N=C=S)ccc1OC.CCCN(C)c1cc([N+](=O)[O-])ccc1OC.COc1ccc([N+](=O)[O-])cc1N. The Hall–Kier alpha value is -13.4. The van der Waals surface area contributed by atoms with E-state index in [1.54, 1.807) is 73.0 Å². The van der Waals surface area contributed by atoms with E-state index in [0.717, 1.165) is 114 Å². The monoisotopic (exact) mass is 1800 g/mol. The van der Waals surface area contributed by atoms with Gasteiger partial charge in [0.15, 0.2) is 10.6 Å². The molecule has 8 aromatic carbocycles. The van der Waals surface area contributed by atoms with Gasteiger partial charge in [0, 0.05) is 153 Å². The number of nitrogens with one attached hydrogen (secondary N) is 1. The number of hydrogen-bond donors (Lipinski definition) is 5. The third-order valence-electron chi connectivity index (χ3n) is 18.3. The summed E-state index contributed by atoms with van der Waals surface area (Å²) >= 11 is 14.9. The van der Waals surface area contributed by atoms with Crippen molar-refractivity contribution in [2.24, 2.45) is 4.99 Å². The van der Waals surface area contributed by atoms with Crippen molar-refractivity contribution in [3.63, 3.8) is 0 Å². The number of phenolic OH excluding ortho intramolecular Hbond substituents is 2. The summed E-state index contributed by atoms with van der Waals surface area (Å²) < 4.78 is 38.4. The lowest BCUT2D eigenvalue weighted by atomic mass is 9.98. The van der Waals surface area contributed by atoms with Crippen LogP contribution in [0.3, 0.4) is 0 Å². The van der Waals surface area contributed by atoms with E-state index in [1.165, 1.54) is 99.0 Å². The number of carbonyl (C=O) groups excluding carboxylic acids is 3. The number of amides is 1. The van der Waals surface area contributed by atoms with Crippen molar-refractivity contribution in [2.75, 3.05) is 147 Å². The van der Waals surface area contributed by atoms with Gasteiger partial charge in [0.1, 0.15) is 57.5 Å². The number of aliphatic imine (C=N–C) groups is 1. The molecular weight excluding hydrogens is 1690 g/mol. The Kier molecular flexibility index (Phi) is 48.7. The number of nitrogen functional groups attached to an aromatic ring is 2. The van der Waals surface area contributed by atoms with Gasteiger partial charge < -0.3 is 79.3 Å². The number of methoxy groups -OCH3 is 7. The summed E-state index contributed by atoms with van der Waals surface area (Å²) in [6.45, 7) is 21.3. The number of aromatic hydroxyl groups is 2. The molecule has 684 valence electrons. The second kappa shape index (κ2) is 56.4. The summed E-state index contributed by atoms with van der Waals surface area (Å²) in [6.07, 6.45) is 5.49. The topological polar surface area (TPSA) is 443 Å². The number of isothiocyanates is 1. The average molecular weight is 1810 g/mol. The third-order valence-corrected chi connectivity index (χ3v) is 18.9. The minimum atomic E-state index is -0.507. The molecule has 1 heterocycles. The maximum Gasteiger partial charge on any atom is 0.271 e. The number of benzene rings is 8. The van der Waals surface area contributed by atoms with Crippen LogP contribution in [0.15, 0.2) is 145 Å². The summed E-state index contributed by atoms with van der Waals surface area (Å²) in [4.78, 5) is 86.4. The lowest BCUT2D eigenvalue weighted by Gasteiger charge is -2.22. The fraction of sp³-hybridized carbons (Fsp3) is 0.386. The number of Topliss-reactive ketones (excluding diaryl/α,β-unsaturated/α-hetero) is 1. The van der Waals surface area contributed by atoms with Crippen molar-refractivity contribution in [2.45, 2.75) is 120 Å². The van der Waals surface area contributed by atoms with Gasteiger partial charge in [0.2, 0.25) is 11.1 Å². The number of nitro benzene ring substituents is 4. The molecule has 126 heavy (non-hydrogen) atoms. The van der Waals surface area contributed by atoms with Gasteiger partial charge in [-0.1, -0.05) is 62.3 Å². The predicted octanol–water partition coefficient (Wildman–Crippen LogP) is 19.3. The number of carbonyl (C=O) groups is 3. The molecule has 0 radical (unpaired) electrons. The molecule has 1 amide bonds. The Bertz CT molecular complexity index is 5110. The fourth-order valence-corrected chi connectivity index (χ4v) is 12.0. The van der Waals surface area contributed by atoms with E-state index in [0.29, 0.717) is 69.7 Å². The quantitative estimate of drug-likeness (QED) is 0.00637. The van der Waals surface area contributed by atoms with Gasteiger partial charge in [-0.15, -0.1) is 0 Å². The van der Waals surface area contributed by atoms with E-state index in [9.17, 15) is 65.1 Å². The lowest BCUT2D eigenvalue weighted by molar-refractivity contribution is -0.385. The van der Waals surface area contributed by atoms with Gasteiger partial charge in [-0.25, -0.2) is 0 Å². The summed E-state index contributed by atoms with van der Waals surface area (Å²) in [7, 11) is 20.5. The molecule has 1 aromatic heterocycles. The van der Waals surface area contributed by atoms with Crippen LogP contribution >= 0.6 is 36.0 Å². The third kappa shape index (κ3) is 34.0. The van der Waals surface area contributed by atoms with Crippen LogP contribution < -0.4 is 69.1 Å². The van der Waals surface area contributed by atoms with Crippen LogP contribution in [0.1, 0.15) is 124 Å². The number of non-ortho nitro benzene ring substituents is 4. The first-order valence-corrected chi connectivity index (χ1v) is 41.0. The zero-order valence-electron chi connectivity index (χ0n) is 75.3. The van der Waals surface area contributed by atoms with E-state index in [-0.39, 0.29) is 69.2 Å². The van der Waals surface area contributed by atoms with Crippen molar-refractivity contribution >= 4 is 126 Å². The first-order valence-electron chi connectivity index (χ1n) is 39.8. The minimum Gasteiger partial charge on any atom is -0.508 e. The molecule has 35 nitrogen and oxygen atoms in total. The molecule has 0 aliphatic heterocycles. The van der Waals surface area contributed by atoms with Gasteiger partial charge in [0.05, 0.1) is 126 Å². The van der Waals surface area contributed by atoms with Gasteiger partial charge in [-0.3, -0.25) is 64.5 Å². The van der Waals surface area contributed by atoms with Gasteiger partial charge in [-0.05, 0) is 158 Å². The molecule has 7 N–H and O–H groups in total. The van der Waals surface area contributed by atoms with Crippen molar-refractivity contribution < 1.29 is 77.4 Å². The fourth-order valence-electron chi connectivity index (χ4n) is 11.7. The Morgan fingerprint density at radius 1 is 0.508 bits per heavy atom. The Labute approximate surface area is 750 Å². The molecule has 0 atom stereocenters. The van der Waals surface area contributed by atoms with E-state index >= 15 is 0 Å². The number of ketones is 1. The first kappa shape index (κ1) is 109. The number of phenols is 2. The second-order valence-corrected chi connectivity index (χ2v) is 28.5. The zero-order chi connectivity index (χ0) is 95.2. The summed E-state index contributed by atoms with van der Waals surface area (Å²) in [5, 5.41) is 72.2. The Morgan fingerprint density at radius 2 is 0.889 bits per heavy atom. The van der Waals surface area contributed by atoms with Crippen LogP contribution in [-0.2, 0) is 20.8 Å². The molecule has 9 rings (SSSR count). The van der Waals surface area contributed by atoms with Crippen LogP contribution in [0, 0.1) is 45.2 Å². The summed E-state index contributed by atoms with van der Waals surface area (Å²) in [5.41, 5.74) is 19.7. The smallest absolute Gasteiger partial charge is 0.271 e. The molecule has 0 saturated carbocycles. The number of H-pyrrole nitrogens is 1. The highest BCUT2D eigenvalue weighted by Gasteiger charge is 2.23. The highest BCUT2D eigenvalue weighted by atomic mass is 35.5. The minimum absolute atomic E-state index is 0.0267. The number of halogens is 1. The molecule has 38 heteroatoms. The number of nitro groups is 4. The molecule has 0 aliphatic carbocycles. The maximum absolute atomic E-state index is 11.6. The molecule has 9 aromatic rings. The number of aromatic nitrogens is 3. The van der Waals surface area contributed by atoms with Crippen molar-refractivity contribution in [1.82, 2.24) is 14.8 Å². The Balaban J connectivity index is 0.000000503. The molecule has 0 spiro atoms. The van der Waals surface area contributed by atoms with E-state index < -0.39 is 19.7 Å². The predicted molar refractivity (Wildman–Crippen MR) is 504 cm³/mol. The second-order valence-electron chi connectivity index (χ2n) is 27.6. The number of hydrogen-bond acceptors (Lipinski definition) is 30. The van der Waals surface area contributed by atoms with Gasteiger partial charge >= 0.3 is 0 Å². The van der Waals surface area contributed by atoms with E-state index in [4.69, 9.17) is 68.4 Å². The van der Waals surface area contributed by atoms with E-state index in [2.05, 4.69) is 75.0 Å². The zero-order valence-corrected chi connectivity index (χ0v) is 77.7. The molecule has 0 aliphatic rings. The average Bonchev–Trinajstić information content (AvgIpc) is 1.58. The lowest BCUT2D eigenvalue weighted by Crippen LogP contribution is -2.25. The molecule has 0 bridgehead atoms. The summed E-state index contributed by atoms with van der Waals surface area (Å²) in [6, 6.07) is 37.4. The Morgan fingerprint density at radius 3 is 1.29 bits per heavy atom. The summed E-state index contributed by atoms with van der Waals surface area (Å²) in [5.74, 6) is 4.94. The van der Waals surface area contributed by atoms with Gasteiger partial charge in [0.25, 0.3) is 22.7 Å². The van der Waals surface area contributed by atoms with Crippen LogP contribution in [0.4, 0.5) is 68.2 Å². The van der Waals surface area contributed by atoms with Crippen molar-refractivity contribution in [3.8, 4) is 68.8 Å². The van der Waals surface area contributed by atoms with Crippen LogP contribution in [0.2, 0.25) is 0 Å². The number of nitrogens with zero attached hydrogens (tertiary/aromatic N) is 12. The number of nitrogens with two attached hydrogens (primary N) is 2. The van der Waals surface area contributed by atoms with Crippen molar-refractivity contribution in [1.29, 1.82) is 0 Å². The molecular formula is C88H118ClN15O20S2. The molecule has 0 unspecified atom stereocenters. The first-order chi connectivity index (χ1) is 59.8. The highest BCUT2D eigenvalue weighted by Crippen LogP contribution is 2.41. The van der Waals surface area contributed by atoms with Crippen LogP contribution in [-0.4, -0.2) is 178 Å². The normalized spacial score (nSPS) is 9.99. The highest BCUT2D eigenvalue weighted by molar-refractivity contribution is 7.78. The van der Waals surface area contributed by atoms with Gasteiger partial charge in [-0.2, -0.15) is 10.1 Å². The number of aromatic amines is 1. The van der Waals surface area contributed by atoms with Crippen molar-refractivity contribution in [3.05, 3.63) is 196 Å². The molecule has 0 fully saturated rings. The number of thiocarbonyl (C=S) groups is 1. The maximum atomic E-state index is 11.6. The van der Waals surface area contributed by atoms with Crippen LogP contribution in [0.25, 0.3) is 17.1 Å². The molecule has 0 saturated heterocycles. The number of rotatable bonds is 33.